The van der Waals surface area contributed by atoms with Gasteiger partial charge in [-0.3, -0.25) is 0 Å². The van der Waals surface area contributed by atoms with Crippen LogP contribution in [0.4, 0.5) is 4.39 Å². The highest BCUT2D eigenvalue weighted by molar-refractivity contribution is 9.10. The largest absolute Gasteiger partial charge is 0.390 e. The van der Waals surface area contributed by atoms with Gasteiger partial charge in [-0.1, -0.05) is 60.5 Å². The number of halogens is 2. The average Bonchev–Trinajstić information content (AvgIpc) is 3.70. The third-order valence-electron chi connectivity index (χ3n) is 12.4. The number of aromatic nitrogens is 1. The summed E-state index contributed by atoms with van der Waals surface area (Å²) in [4.78, 5) is 3.52. The summed E-state index contributed by atoms with van der Waals surface area (Å²) in [5, 5.41) is 12.0. The van der Waals surface area contributed by atoms with E-state index in [0.29, 0.717) is 25.9 Å². The fourth-order valence-corrected chi connectivity index (χ4v) is 11.2. The van der Waals surface area contributed by atoms with Gasteiger partial charge in [-0.05, 0) is 72.8 Å². The second kappa shape index (κ2) is 8.76. The molecule has 1 unspecified atom stereocenters. The van der Waals surface area contributed by atoms with Gasteiger partial charge in [-0.25, -0.2) is 4.39 Å². The third-order valence-corrected chi connectivity index (χ3v) is 12.9. The number of rotatable bonds is 2. The van der Waals surface area contributed by atoms with Gasteiger partial charge in [-0.15, -0.1) is 0 Å². The van der Waals surface area contributed by atoms with Crippen molar-refractivity contribution >= 4 is 22.0 Å². The lowest BCUT2D eigenvalue weighted by Crippen LogP contribution is -2.72. The fourth-order valence-electron chi connectivity index (χ4n) is 10.8. The van der Waals surface area contributed by atoms with E-state index >= 15 is 4.39 Å². The van der Waals surface area contributed by atoms with E-state index in [9.17, 15) is 5.11 Å². The molecular weight excluding hydrogens is 589 g/mol. The molecule has 0 amide bonds. The molecule has 6 nitrogen and oxygen atoms in total. The molecule has 41 heavy (non-hydrogen) atoms. The zero-order chi connectivity index (χ0) is 28.4. The molecule has 2 aliphatic heterocycles. The minimum atomic E-state index is -1.74. The molecular formula is C33H39BrFNO5. The zero-order valence-electron chi connectivity index (χ0n) is 24.0. The van der Waals surface area contributed by atoms with Crippen molar-refractivity contribution in [3.8, 4) is 0 Å². The van der Waals surface area contributed by atoms with Gasteiger partial charge in [0.15, 0.2) is 13.6 Å². The smallest absolute Gasteiger partial charge is 0.227 e. The van der Waals surface area contributed by atoms with Crippen molar-refractivity contribution in [3.63, 3.8) is 0 Å². The first-order chi connectivity index (χ1) is 19.6. The van der Waals surface area contributed by atoms with Gasteiger partial charge in [0.1, 0.15) is 17.9 Å². The zero-order valence-corrected chi connectivity index (χ0v) is 25.6. The van der Waals surface area contributed by atoms with Crippen molar-refractivity contribution in [2.24, 2.45) is 28.6 Å². The number of ether oxygens (including phenoxy) is 4. The number of fused-ring (bicyclic) bond motifs is 8. The van der Waals surface area contributed by atoms with Gasteiger partial charge in [0.25, 0.3) is 0 Å². The van der Waals surface area contributed by atoms with Crippen LogP contribution in [-0.4, -0.2) is 53.4 Å². The van der Waals surface area contributed by atoms with Crippen molar-refractivity contribution in [3.05, 3.63) is 62.9 Å². The number of benzene rings is 1. The summed E-state index contributed by atoms with van der Waals surface area (Å²) in [6.45, 7) is 7.02. The Morgan fingerprint density at radius 1 is 1.15 bits per heavy atom. The maximum Gasteiger partial charge on any atom is 0.227 e. The maximum absolute atomic E-state index is 18.2. The van der Waals surface area contributed by atoms with Gasteiger partial charge in [0.2, 0.25) is 5.79 Å². The first-order valence-corrected chi connectivity index (χ1v) is 15.9. The summed E-state index contributed by atoms with van der Waals surface area (Å²) in [5.41, 5.74) is 2.02. The molecule has 1 aromatic heterocycles. The summed E-state index contributed by atoms with van der Waals surface area (Å²) >= 11 is 3.59. The minimum absolute atomic E-state index is 0.0340. The molecule has 8 rings (SSSR count). The minimum Gasteiger partial charge on any atom is -0.390 e. The first-order valence-electron chi connectivity index (χ1n) is 15.1. The van der Waals surface area contributed by atoms with Crippen molar-refractivity contribution in [2.45, 2.75) is 82.5 Å². The molecule has 6 aliphatic rings. The standard InChI is InChI=1S/C33H39BrFNO5/c1-19-9-26-25-8-7-22-12-24-21(15-36-27(24)11-20-5-4-6-23(34)10-20)13-29(22,2)32(25,35)28(37)14-30(26,3)33(19)31(40-18-41-33)16-38-17-39-31/h4-6,10,12,15,19,25-26,28,36-37H,7-9,11,13-14,16-18H2,1-3H3/t19-,25+,26+,28+,29+,30+,31?,32+,33-/m1/s1. The molecule has 3 saturated carbocycles. The second-order valence-electron chi connectivity index (χ2n) is 14.0. The van der Waals surface area contributed by atoms with Crippen LogP contribution in [0.2, 0.25) is 0 Å². The Bertz CT molecular complexity index is 1430. The van der Waals surface area contributed by atoms with Crippen LogP contribution in [0.25, 0.3) is 6.08 Å². The van der Waals surface area contributed by atoms with Gasteiger partial charge in [-0.2, -0.15) is 0 Å². The van der Waals surface area contributed by atoms with E-state index in [-0.39, 0.29) is 31.3 Å². The highest BCUT2D eigenvalue weighted by Crippen LogP contribution is 2.74. The normalized spacial score (nSPS) is 46.3. The molecule has 2 spiro atoms. The Morgan fingerprint density at radius 3 is 2.76 bits per heavy atom. The Morgan fingerprint density at radius 2 is 1.98 bits per heavy atom. The van der Waals surface area contributed by atoms with E-state index in [1.807, 2.05) is 6.07 Å². The molecule has 2 saturated heterocycles. The van der Waals surface area contributed by atoms with Gasteiger partial charge >= 0.3 is 0 Å². The van der Waals surface area contributed by atoms with Crippen LogP contribution >= 0.6 is 15.9 Å². The highest BCUT2D eigenvalue weighted by Gasteiger charge is 2.81. The molecule has 2 aromatic rings. The van der Waals surface area contributed by atoms with Gasteiger partial charge in [0.05, 0.1) is 6.10 Å². The summed E-state index contributed by atoms with van der Waals surface area (Å²) in [6, 6.07) is 8.37. The SMILES string of the molecule is C[C@@H]1C[C@H]2[C@@H]3CCC4=Cc5c(c[nH]c5Cc5cccc(Br)c5)C[C@]4(C)[C@@]3(F)[C@@H](O)C[C@]2(C)[C@]12OCOC21COCO1. The Labute approximate surface area is 249 Å². The van der Waals surface area contributed by atoms with Gasteiger partial charge in [0, 0.05) is 39.5 Å². The fraction of sp³-hybridized carbons (Fsp3) is 0.636. The molecule has 9 atom stereocenters. The Balaban J connectivity index is 1.16. The molecule has 2 N–H and O–H groups in total. The number of aliphatic hydroxyl groups is 1. The van der Waals surface area contributed by atoms with E-state index in [1.54, 1.807) is 0 Å². The van der Waals surface area contributed by atoms with Crippen LogP contribution in [0.5, 0.6) is 0 Å². The number of hydrogen-bond acceptors (Lipinski definition) is 5. The van der Waals surface area contributed by atoms with Crippen LogP contribution in [-0.2, 0) is 31.8 Å². The van der Waals surface area contributed by atoms with Crippen molar-refractivity contribution in [1.82, 2.24) is 4.98 Å². The van der Waals surface area contributed by atoms with Crippen LogP contribution in [0.1, 0.15) is 68.8 Å². The lowest BCUT2D eigenvalue weighted by molar-refractivity contribution is -0.279. The van der Waals surface area contributed by atoms with Crippen LogP contribution in [0.3, 0.4) is 0 Å². The number of hydrogen-bond donors (Lipinski definition) is 2. The van der Waals surface area contributed by atoms with E-state index in [0.717, 1.165) is 40.6 Å². The monoisotopic (exact) mass is 627 g/mol. The van der Waals surface area contributed by atoms with Crippen LogP contribution in [0, 0.1) is 28.6 Å². The molecule has 8 heteroatoms. The number of allylic oxidation sites excluding steroid dienone is 1. The topological polar surface area (TPSA) is 72.9 Å². The van der Waals surface area contributed by atoms with Gasteiger partial charge < -0.3 is 29.0 Å². The van der Waals surface area contributed by atoms with E-state index in [1.165, 1.54) is 11.1 Å². The summed E-state index contributed by atoms with van der Waals surface area (Å²) in [5.74, 6) is -1.19. The summed E-state index contributed by atoms with van der Waals surface area (Å²) in [7, 11) is 0. The van der Waals surface area contributed by atoms with Crippen LogP contribution < -0.4 is 0 Å². The quantitative estimate of drug-likeness (QED) is 0.409. The predicted molar refractivity (Wildman–Crippen MR) is 154 cm³/mol. The van der Waals surface area contributed by atoms with Crippen molar-refractivity contribution < 1.29 is 28.4 Å². The van der Waals surface area contributed by atoms with Crippen molar-refractivity contribution in [1.29, 1.82) is 0 Å². The predicted octanol–water partition coefficient (Wildman–Crippen LogP) is 6.30. The first kappa shape index (κ1) is 27.0. The Hall–Kier alpha value is -1.55. The Kier molecular flexibility index (Phi) is 5.78. The third kappa shape index (κ3) is 3.19. The molecule has 220 valence electrons. The molecule has 5 fully saturated rings. The maximum atomic E-state index is 18.2. The van der Waals surface area contributed by atoms with E-state index in [4.69, 9.17) is 18.9 Å². The lowest BCUT2D eigenvalue weighted by atomic mass is 9.43. The highest BCUT2D eigenvalue weighted by atomic mass is 79.9. The second-order valence-corrected chi connectivity index (χ2v) is 14.9. The van der Waals surface area contributed by atoms with Crippen molar-refractivity contribution in [2.75, 3.05) is 20.2 Å². The number of aliphatic hydroxyl groups excluding tert-OH is 1. The molecule has 1 aromatic carbocycles. The number of H-pyrrole nitrogens is 1. The summed E-state index contributed by atoms with van der Waals surface area (Å²) < 4.78 is 43.8. The average molecular weight is 629 g/mol. The number of nitrogens with one attached hydrogen (secondary N) is 1. The van der Waals surface area contributed by atoms with E-state index in [2.05, 4.69) is 72.2 Å². The molecule has 4 aliphatic carbocycles. The summed E-state index contributed by atoms with van der Waals surface area (Å²) in [6.07, 6.45) is 7.21. The molecule has 3 heterocycles. The molecule has 0 radical (unpaired) electrons. The van der Waals surface area contributed by atoms with Crippen LogP contribution in [0.15, 0.2) is 40.5 Å². The van der Waals surface area contributed by atoms with E-state index < -0.39 is 34.0 Å². The number of alkyl halides is 1. The number of aromatic amines is 1. The lowest BCUT2D eigenvalue weighted by Gasteiger charge is -2.64. The molecule has 0 bridgehead atoms.